The normalized spacial score (nSPS) is 15.7. The predicted molar refractivity (Wildman–Crippen MR) is 127 cm³/mol. The number of hydrogen-bond donors (Lipinski definition) is 2. The molecule has 1 unspecified atom stereocenters. The lowest BCUT2D eigenvalue weighted by molar-refractivity contribution is -0.114. The van der Waals surface area contributed by atoms with Gasteiger partial charge in [-0.25, -0.2) is 9.97 Å². The summed E-state index contributed by atoms with van der Waals surface area (Å²) in [6, 6.07) is 14.4. The van der Waals surface area contributed by atoms with Gasteiger partial charge < -0.3 is 20.7 Å². The Morgan fingerprint density at radius 1 is 1.15 bits per heavy atom. The molecule has 0 spiro atoms. The lowest BCUT2D eigenvalue weighted by Gasteiger charge is -2.36. The third-order valence-electron chi connectivity index (χ3n) is 5.75. The second kappa shape index (κ2) is 9.68. The first-order chi connectivity index (χ1) is 16.0. The molecule has 8 heteroatoms. The van der Waals surface area contributed by atoms with Crippen molar-refractivity contribution in [1.82, 2.24) is 14.9 Å². The van der Waals surface area contributed by atoms with Crippen LogP contribution >= 0.6 is 0 Å². The molecule has 1 aromatic heterocycles. The van der Waals surface area contributed by atoms with E-state index >= 15 is 0 Å². The predicted octanol–water partition coefficient (Wildman–Crippen LogP) is 4.06. The van der Waals surface area contributed by atoms with Crippen molar-refractivity contribution < 1.29 is 14.3 Å². The molecule has 1 fully saturated rings. The van der Waals surface area contributed by atoms with Crippen LogP contribution < -0.4 is 15.8 Å². The van der Waals surface area contributed by atoms with E-state index in [1.807, 2.05) is 29.2 Å². The van der Waals surface area contributed by atoms with Gasteiger partial charge in [-0.15, -0.1) is 0 Å². The van der Waals surface area contributed by atoms with Crippen LogP contribution in [-0.2, 0) is 4.79 Å². The average Bonchev–Trinajstić information content (AvgIpc) is 2.83. The van der Waals surface area contributed by atoms with Crippen molar-refractivity contribution in [3.05, 3.63) is 66.0 Å². The van der Waals surface area contributed by atoms with Crippen LogP contribution in [0, 0.1) is 0 Å². The molecule has 4 rings (SSSR count). The highest BCUT2D eigenvalue weighted by Crippen LogP contribution is 2.37. The largest absolute Gasteiger partial charge is 0.497 e. The Kier molecular flexibility index (Phi) is 6.53. The SMILES string of the molecule is COc1cccc(-c2cnc(N)nc2C2CCCCN2C(=O)c2ccc(NC(C)=O)cc2)c1. The van der Waals surface area contributed by atoms with E-state index in [-0.39, 0.29) is 23.8 Å². The molecule has 1 aliphatic rings. The van der Waals surface area contributed by atoms with Gasteiger partial charge in [0, 0.05) is 36.5 Å². The lowest BCUT2D eigenvalue weighted by atomic mass is 9.93. The Balaban J connectivity index is 1.69. The molecule has 1 saturated heterocycles. The second-order valence-electron chi connectivity index (χ2n) is 8.03. The highest BCUT2D eigenvalue weighted by atomic mass is 16.5. The average molecular weight is 446 g/mol. The Morgan fingerprint density at radius 2 is 1.94 bits per heavy atom. The lowest BCUT2D eigenvalue weighted by Crippen LogP contribution is -2.39. The van der Waals surface area contributed by atoms with E-state index in [2.05, 4.69) is 15.3 Å². The summed E-state index contributed by atoms with van der Waals surface area (Å²) >= 11 is 0. The first kappa shape index (κ1) is 22.3. The zero-order valence-corrected chi connectivity index (χ0v) is 18.7. The summed E-state index contributed by atoms with van der Waals surface area (Å²) in [5.41, 5.74) is 9.65. The standard InChI is InChI=1S/C25H27N5O3/c1-16(31)28-19-11-9-17(10-12-19)24(32)30-13-4-3-8-22(30)23-21(15-27-25(26)29-23)18-6-5-7-20(14-18)33-2/h5-7,9-12,14-15,22H,3-4,8,13H2,1-2H3,(H,28,31)(H2,26,27,29). The number of ether oxygens (including phenoxy) is 1. The van der Waals surface area contributed by atoms with Gasteiger partial charge in [0.15, 0.2) is 0 Å². The van der Waals surface area contributed by atoms with Gasteiger partial charge in [0.2, 0.25) is 11.9 Å². The molecule has 0 radical (unpaired) electrons. The van der Waals surface area contributed by atoms with Crippen LogP contribution in [-0.4, -0.2) is 40.3 Å². The minimum absolute atomic E-state index is 0.0807. The van der Waals surface area contributed by atoms with E-state index in [4.69, 9.17) is 10.5 Å². The maximum Gasteiger partial charge on any atom is 0.254 e. The molecule has 8 nitrogen and oxygen atoms in total. The molecule has 3 N–H and O–H groups in total. The van der Waals surface area contributed by atoms with Crippen LogP contribution in [0.4, 0.5) is 11.6 Å². The van der Waals surface area contributed by atoms with Crippen molar-refractivity contribution in [3.8, 4) is 16.9 Å². The summed E-state index contributed by atoms with van der Waals surface area (Å²) in [7, 11) is 1.62. The third-order valence-corrected chi connectivity index (χ3v) is 5.75. The molecule has 0 bridgehead atoms. The number of nitrogens with two attached hydrogens (primary N) is 1. The number of hydrogen-bond acceptors (Lipinski definition) is 6. The Bertz CT molecular complexity index is 1160. The van der Waals surface area contributed by atoms with Crippen LogP contribution in [0.1, 0.15) is 48.3 Å². The van der Waals surface area contributed by atoms with Crippen molar-refractivity contribution >= 4 is 23.5 Å². The number of carbonyl (C=O) groups excluding carboxylic acids is 2. The van der Waals surface area contributed by atoms with Gasteiger partial charge in [0.25, 0.3) is 5.91 Å². The zero-order valence-electron chi connectivity index (χ0n) is 18.7. The fourth-order valence-corrected chi connectivity index (χ4v) is 4.20. The van der Waals surface area contributed by atoms with Crippen LogP contribution in [0.25, 0.3) is 11.1 Å². The maximum absolute atomic E-state index is 13.5. The topological polar surface area (TPSA) is 110 Å². The van der Waals surface area contributed by atoms with Crippen molar-refractivity contribution in [2.24, 2.45) is 0 Å². The number of carbonyl (C=O) groups is 2. The van der Waals surface area contributed by atoms with Gasteiger partial charge >= 0.3 is 0 Å². The van der Waals surface area contributed by atoms with Crippen molar-refractivity contribution in [2.75, 3.05) is 24.7 Å². The summed E-state index contributed by atoms with van der Waals surface area (Å²) in [5, 5.41) is 2.72. The van der Waals surface area contributed by atoms with Gasteiger partial charge in [0.1, 0.15) is 5.75 Å². The zero-order chi connectivity index (χ0) is 23.4. The number of nitrogen functional groups attached to an aromatic ring is 1. The monoisotopic (exact) mass is 445 g/mol. The number of benzene rings is 2. The fraction of sp³-hybridized carbons (Fsp3) is 0.280. The Labute approximate surface area is 192 Å². The molecule has 0 saturated carbocycles. The number of nitrogens with one attached hydrogen (secondary N) is 1. The Hall–Kier alpha value is -3.94. The second-order valence-corrected chi connectivity index (χ2v) is 8.03. The van der Waals surface area contributed by atoms with E-state index in [9.17, 15) is 9.59 Å². The smallest absolute Gasteiger partial charge is 0.254 e. The summed E-state index contributed by atoms with van der Waals surface area (Å²) in [5.74, 6) is 0.667. The van der Waals surface area contributed by atoms with Gasteiger partial charge in [-0.05, 0) is 61.2 Å². The molecule has 1 atom stereocenters. The van der Waals surface area contributed by atoms with Crippen LogP contribution in [0.3, 0.4) is 0 Å². The summed E-state index contributed by atoms with van der Waals surface area (Å²) in [4.78, 5) is 35.4. The van der Waals surface area contributed by atoms with Gasteiger partial charge in [-0.2, -0.15) is 0 Å². The highest BCUT2D eigenvalue weighted by Gasteiger charge is 2.32. The number of piperidine rings is 1. The number of likely N-dealkylation sites (tertiary alicyclic amines) is 1. The van der Waals surface area contributed by atoms with Crippen LogP contribution in [0.2, 0.25) is 0 Å². The van der Waals surface area contributed by atoms with E-state index in [0.717, 1.165) is 41.8 Å². The number of nitrogens with zero attached hydrogens (tertiary/aromatic N) is 3. The van der Waals surface area contributed by atoms with Gasteiger partial charge in [-0.1, -0.05) is 12.1 Å². The fourth-order valence-electron chi connectivity index (χ4n) is 4.20. The minimum atomic E-state index is -0.229. The van der Waals surface area contributed by atoms with Crippen molar-refractivity contribution in [3.63, 3.8) is 0 Å². The minimum Gasteiger partial charge on any atom is -0.497 e. The Morgan fingerprint density at radius 3 is 2.67 bits per heavy atom. The molecule has 2 heterocycles. The summed E-state index contributed by atoms with van der Waals surface area (Å²) in [6.45, 7) is 2.07. The summed E-state index contributed by atoms with van der Waals surface area (Å²) < 4.78 is 5.38. The van der Waals surface area contributed by atoms with Crippen molar-refractivity contribution in [1.29, 1.82) is 0 Å². The van der Waals surface area contributed by atoms with E-state index in [1.165, 1.54) is 6.92 Å². The van der Waals surface area contributed by atoms with E-state index in [0.29, 0.717) is 17.8 Å². The molecule has 1 aliphatic heterocycles. The number of methoxy groups -OCH3 is 1. The molecule has 33 heavy (non-hydrogen) atoms. The van der Waals surface area contributed by atoms with Gasteiger partial charge in [0.05, 0.1) is 18.8 Å². The molecular formula is C25H27N5O3. The number of aromatic nitrogens is 2. The summed E-state index contributed by atoms with van der Waals surface area (Å²) in [6.07, 6.45) is 4.40. The molecule has 0 aliphatic carbocycles. The first-order valence-corrected chi connectivity index (χ1v) is 10.9. The quantitative estimate of drug-likeness (QED) is 0.613. The molecule has 2 aromatic carbocycles. The molecule has 2 amide bonds. The van der Waals surface area contributed by atoms with E-state index in [1.54, 1.807) is 37.6 Å². The molecule has 3 aromatic rings. The molecular weight excluding hydrogens is 418 g/mol. The first-order valence-electron chi connectivity index (χ1n) is 10.9. The maximum atomic E-state index is 13.5. The number of anilines is 2. The third kappa shape index (κ3) is 4.95. The number of amides is 2. The highest BCUT2D eigenvalue weighted by molar-refractivity contribution is 5.96. The number of rotatable bonds is 5. The van der Waals surface area contributed by atoms with Crippen LogP contribution in [0.5, 0.6) is 5.75 Å². The van der Waals surface area contributed by atoms with Crippen molar-refractivity contribution in [2.45, 2.75) is 32.2 Å². The van der Waals surface area contributed by atoms with E-state index < -0.39 is 0 Å². The van der Waals surface area contributed by atoms with Crippen LogP contribution in [0.15, 0.2) is 54.7 Å². The molecule has 170 valence electrons. The van der Waals surface area contributed by atoms with Gasteiger partial charge in [-0.3, -0.25) is 9.59 Å².